The molecule has 0 atom stereocenters. The molecule has 0 unspecified atom stereocenters. The van der Waals surface area contributed by atoms with Gasteiger partial charge in [0.15, 0.2) is 0 Å². The molecule has 2 rings (SSSR count). The van der Waals surface area contributed by atoms with Gasteiger partial charge in [0, 0.05) is 37.3 Å². The number of aryl methyl sites for hydroxylation is 1. The molecule has 0 bridgehead atoms. The van der Waals surface area contributed by atoms with Crippen LogP contribution < -0.4 is 11.2 Å². The van der Waals surface area contributed by atoms with Gasteiger partial charge in [0.1, 0.15) is 0 Å². The number of nitrogens with two attached hydrogens (primary N) is 1. The van der Waals surface area contributed by atoms with Gasteiger partial charge in [-0.1, -0.05) is 11.8 Å². The van der Waals surface area contributed by atoms with E-state index in [2.05, 4.69) is 29.2 Å². The highest BCUT2D eigenvalue weighted by atomic mass is 16.2. The van der Waals surface area contributed by atoms with Gasteiger partial charge in [-0.2, -0.15) is 0 Å². The molecule has 1 aliphatic heterocycles. The lowest BCUT2D eigenvalue weighted by atomic mass is 10.1. The van der Waals surface area contributed by atoms with E-state index in [0.717, 1.165) is 37.3 Å². The predicted molar refractivity (Wildman–Crippen MR) is 83.6 cm³/mol. The lowest BCUT2D eigenvalue weighted by molar-refractivity contribution is 0.0662. The number of hydrogen-bond acceptors (Lipinski definition) is 4. The van der Waals surface area contributed by atoms with Gasteiger partial charge in [0.2, 0.25) is 0 Å². The molecule has 3 N–H and O–H groups in total. The number of nitrogens with zero attached hydrogens (tertiary/aromatic N) is 2. The van der Waals surface area contributed by atoms with Crippen molar-refractivity contribution in [2.75, 3.05) is 39.8 Å². The zero-order chi connectivity index (χ0) is 15.2. The van der Waals surface area contributed by atoms with Crippen LogP contribution in [0.1, 0.15) is 21.5 Å². The van der Waals surface area contributed by atoms with E-state index in [0.29, 0.717) is 12.1 Å². The van der Waals surface area contributed by atoms with E-state index in [9.17, 15) is 4.79 Å². The van der Waals surface area contributed by atoms with Crippen molar-refractivity contribution in [1.29, 1.82) is 0 Å². The van der Waals surface area contributed by atoms with E-state index in [1.165, 1.54) is 0 Å². The SMILES string of the molecule is Cc1cc(C#CCN)cc(C(=O)NN2CCN(C)CC2)c1. The Kier molecular flexibility index (Phi) is 5.34. The molecule has 0 aliphatic carbocycles. The van der Waals surface area contributed by atoms with Crippen LogP contribution in [0.5, 0.6) is 0 Å². The van der Waals surface area contributed by atoms with Gasteiger partial charge in [0.25, 0.3) is 5.91 Å². The Morgan fingerprint density at radius 3 is 2.67 bits per heavy atom. The Bertz CT molecular complexity index is 565. The van der Waals surface area contributed by atoms with Crippen LogP contribution in [-0.2, 0) is 0 Å². The molecule has 1 aromatic carbocycles. The van der Waals surface area contributed by atoms with Gasteiger partial charge in [-0.25, -0.2) is 5.01 Å². The molecule has 1 aromatic rings. The number of hydrogen-bond donors (Lipinski definition) is 2. The third-order valence-electron chi connectivity index (χ3n) is 3.44. The minimum atomic E-state index is -0.0842. The van der Waals surface area contributed by atoms with E-state index in [1.807, 2.05) is 24.1 Å². The van der Waals surface area contributed by atoms with Gasteiger partial charge in [-0.15, -0.1) is 0 Å². The third-order valence-corrected chi connectivity index (χ3v) is 3.44. The average molecular weight is 286 g/mol. The fourth-order valence-electron chi connectivity index (χ4n) is 2.27. The first kappa shape index (κ1) is 15.5. The summed E-state index contributed by atoms with van der Waals surface area (Å²) < 4.78 is 0. The van der Waals surface area contributed by atoms with Crippen molar-refractivity contribution in [3.63, 3.8) is 0 Å². The normalized spacial score (nSPS) is 16.1. The minimum absolute atomic E-state index is 0.0842. The summed E-state index contributed by atoms with van der Waals surface area (Å²) in [5, 5.41) is 1.97. The number of rotatable bonds is 2. The maximum atomic E-state index is 12.3. The monoisotopic (exact) mass is 286 g/mol. The number of likely N-dealkylation sites (N-methyl/N-ethyl adjacent to an activating group) is 1. The summed E-state index contributed by atoms with van der Waals surface area (Å²) in [5.41, 5.74) is 10.8. The van der Waals surface area contributed by atoms with Crippen LogP contribution in [0, 0.1) is 18.8 Å². The summed E-state index contributed by atoms with van der Waals surface area (Å²) in [7, 11) is 2.09. The smallest absolute Gasteiger partial charge is 0.265 e. The van der Waals surface area contributed by atoms with Gasteiger partial charge in [-0.3, -0.25) is 10.2 Å². The van der Waals surface area contributed by atoms with Crippen molar-refractivity contribution in [3.05, 3.63) is 34.9 Å². The van der Waals surface area contributed by atoms with Crippen LogP contribution >= 0.6 is 0 Å². The maximum Gasteiger partial charge on any atom is 0.265 e. The molecular weight excluding hydrogens is 264 g/mol. The molecule has 1 heterocycles. The van der Waals surface area contributed by atoms with Crippen molar-refractivity contribution in [1.82, 2.24) is 15.3 Å². The lowest BCUT2D eigenvalue weighted by Gasteiger charge is -2.32. The van der Waals surface area contributed by atoms with Crippen LogP contribution in [0.4, 0.5) is 0 Å². The summed E-state index contributed by atoms with van der Waals surface area (Å²) in [6.07, 6.45) is 0. The van der Waals surface area contributed by atoms with Crippen LogP contribution in [0.3, 0.4) is 0 Å². The number of hydrazine groups is 1. The molecule has 0 radical (unpaired) electrons. The lowest BCUT2D eigenvalue weighted by Crippen LogP contribution is -2.52. The van der Waals surface area contributed by atoms with Crippen LogP contribution in [0.2, 0.25) is 0 Å². The molecule has 1 fully saturated rings. The molecule has 112 valence electrons. The second-order valence-corrected chi connectivity index (χ2v) is 5.32. The molecule has 21 heavy (non-hydrogen) atoms. The molecule has 0 aromatic heterocycles. The molecule has 5 heteroatoms. The van der Waals surface area contributed by atoms with Crippen molar-refractivity contribution in [3.8, 4) is 11.8 Å². The summed E-state index contributed by atoms with van der Waals surface area (Å²) >= 11 is 0. The van der Waals surface area contributed by atoms with E-state index in [1.54, 1.807) is 6.07 Å². The summed E-state index contributed by atoms with van der Waals surface area (Å²) in [6, 6.07) is 5.63. The van der Waals surface area contributed by atoms with E-state index >= 15 is 0 Å². The zero-order valence-corrected chi connectivity index (χ0v) is 12.6. The number of carbonyl (C=O) groups excluding carboxylic acids is 1. The molecule has 5 nitrogen and oxygen atoms in total. The molecule has 0 saturated carbocycles. The van der Waals surface area contributed by atoms with Crippen LogP contribution in [0.25, 0.3) is 0 Å². The number of amides is 1. The van der Waals surface area contributed by atoms with Gasteiger partial charge < -0.3 is 10.6 Å². The van der Waals surface area contributed by atoms with Crippen molar-refractivity contribution in [2.45, 2.75) is 6.92 Å². The van der Waals surface area contributed by atoms with E-state index < -0.39 is 0 Å². The van der Waals surface area contributed by atoms with Gasteiger partial charge in [0.05, 0.1) is 6.54 Å². The number of nitrogens with one attached hydrogen (secondary N) is 1. The highest BCUT2D eigenvalue weighted by Crippen LogP contribution is 2.09. The van der Waals surface area contributed by atoms with Crippen LogP contribution in [0.15, 0.2) is 18.2 Å². The van der Waals surface area contributed by atoms with Crippen LogP contribution in [-0.4, -0.2) is 55.6 Å². The largest absolute Gasteiger partial charge is 0.320 e. The molecular formula is C16H22N4O. The molecule has 1 saturated heterocycles. The molecule has 1 amide bonds. The highest BCUT2D eigenvalue weighted by Gasteiger charge is 2.16. The first-order valence-corrected chi connectivity index (χ1v) is 7.13. The Morgan fingerprint density at radius 2 is 2.00 bits per heavy atom. The fourth-order valence-corrected chi connectivity index (χ4v) is 2.27. The highest BCUT2D eigenvalue weighted by molar-refractivity contribution is 5.94. The minimum Gasteiger partial charge on any atom is -0.320 e. The second-order valence-electron chi connectivity index (χ2n) is 5.32. The zero-order valence-electron chi connectivity index (χ0n) is 12.6. The van der Waals surface area contributed by atoms with Crippen molar-refractivity contribution in [2.24, 2.45) is 5.73 Å². The van der Waals surface area contributed by atoms with Gasteiger partial charge >= 0.3 is 0 Å². The maximum absolute atomic E-state index is 12.3. The van der Waals surface area contributed by atoms with E-state index in [-0.39, 0.29) is 5.91 Å². The Labute approximate surface area is 126 Å². The Hall–Kier alpha value is -1.87. The number of carbonyl (C=O) groups is 1. The average Bonchev–Trinajstić information content (AvgIpc) is 2.47. The Morgan fingerprint density at radius 1 is 1.29 bits per heavy atom. The fraction of sp³-hybridized carbons (Fsp3) is 0.438. The Balaban J connectivity index is 2.06. The van der Waals surface area contributed by atoms with Crippen molar-refractivity contribution < 1.29 is 4.79 Å². The standard InChI is InChI=1S/C16H22N4O/c1-13-10-14(4-3-5-17)12-15(11-13)16(21)18-20-8-6-19(2)7-9-20/h10-12H,5-9,17H2,1-2H3,(H,18,21). The molecule has 1 aliphatic rings. The first-order valence-electron chi connectivity index (χ1n) is 7.13. The number of benzene rings is 1. The van der Waals surface area contributed by atoms with E-state index in [4.69, 9.17) is 5.73 Å². The first-order chi connectivity index (χ1) is 10.1. The summed E-state index contributed by atoms with van der Waals surface area (Å²) in [6.45, 7) is 5.88. The second kappa shape index (κ2) is 7.23. The summed E-state index contributed by atoms with van der Waals surface area (Å²) in [4.78, 5) is 14.6. The molecule has 0 spiro atoms. The van der Waals surface area contributed by atoms with Gasteiger partial charge in [-0.05, 0) is 37.7 Å². The topological polar surface area (TPSA) is 61.6 Å². The third kappa shape index (κ3) is 4.57. The van der Waals surface area contributed by atoms with Crippen molar-refractivity contribution >= 4 is 5.91 Å². The number of piperazine rings is 1. The predicted octanol–water partition coefficient (Wildman–Crippen LogP) is 0.197. The quantitative estimate of drug-likeness (QED) is 0.762. The summed E-state index contributed by atoms with van der Waals surface area (Å²) in [5.74, 6) is 5.70.